The second kappa shape index (κ2) is 9.48. The van der Waals surface area contributed by atoms with Crippen LogP contribution >= 0.6 is 0 Å². The van der Waals surface area contributed by atoms with E-state index in [0.29, 0.717) is 11.9 Å². The molecule has 2 aromatic rings. The van der Waals surface area contributed by atoms with Crippen LogP contribution in [-0.2, 0) is 11.3 Å². The molecule has 0 atom stereocenters. The normalized spacial score (nSPS) is 14.9. The monoisotopic (exact) mass is 371 g/mol. The van der Waals surface area contributed by atoms with Gasteiger partial charge in [-0.05, 0) is 48.7 Å². The van der Waals surface area contributed by atoms with Crippen molar-refractivity contribution in [1.29, 1.82) is 0 Å². The van der Waals surface area contributed by atoms with E-state index in [4.69, 9.17) is 4.74 Å². The molecule has 146 valence electrons. The number of benzene rings is 1. The molecule has 0 unspecified atom stereocenters. The molecule has 0 saturated heterocycles. The Balaban J connectivity index is 1.56. The van der Waals surface area contributed by atoms with Crippen molar-refractivity contribution in [2.75, 3.05) is 13.7 Å². The van der Waals surface area contributed by atoms with Gasteiger partial charge in [0.1, 0.15) is 12.3 Å². The highest BCUT2D eigenvalue weighted by Crippen LogP contribution is 2.22. The van der Waals surface area contributed by atoms with Crippen molar-refractivity contribution in [1.82, 2.24) is 25.1 Å². The molecule has 0 N–H and O–H groups in total. The maximum atomic E-state index is 12.5. The van der Waals surface area contributed by atoms with Crippen LogP contribution in [0.3, 0.4) is 0 Å². The first-order chi connectivity index (χ1) is 13.2. The van der Waals surface area contributed by atoms with Gasteiger partial charge in [-0.15, -0.1) is 10.2 Å². The molecule has 0 spiro atoms. The Labute approximate surface area is 160 Å². The third kappa shape index (κ3) is 5.28. The van der Waals surface area contributed by atoms with Crippen LogP contribution in [0.15, 0.2) is 24.3 Å². The van der Waals surface area contributed by atoms with Gasteiger partial charge in [-0.2, -0.15) is 4.80 Å². The summed E-state index contributed by atoms with van der Waals surface area (Å²) in [6.07, 6.45) is 8.00. The van der Waals surface area contributed by atoms with Gasteiger partial charge in [-0.3, -0.25) is 4.79 Å². The number of ether oxygens (including phenoxy) is 1. The lowest BCUT2D eigenvalue weighted by molar-refractivity contribution is -0.133. The molecule has 7 nitrogen and oxygen atoms in total. The molecule has 1 aliphatic carbocycles. The average molecular weight is 371 g/mol. The first kappa shape index (κ1) is 19.3. The number of tetrazole rings is 1. The number of likely N-dealkylation sites (N-methyl/N-ethyl adjacent to an activating group) is 1. The summed E-state index contributed by atoms with van der Waals surface area (Å²) in [5.74, 6) is 1.39. The molecule has 1 aromatic carbocycles. The molecule has 1 fully saturated rings. The fourth-order valence-electron chi connectivity index (χ4n) is 3.36. The molecule has 27 heavy (non-hydrogen) atoms. The smallest absolute Gasteiger partial charge is 0.246 e. The zero-order valence-electron chi connectivity index (χ0n) is 16.3. The summed E-state index contributed by atoms with van der Waals surface area (Å²) in [4.78, 5) is 15.7. The molecule has 1 heterocycles. The number of nitrogens with zero attached hydrogens (tertiary/aromatic N) is 5. The fourth-order valence-corrected chi connectivity index (χ4v) is 3.36. The van der Waals surface area contributed by atoms with Crippen molar-refractivity contribution in [3.8, 4) is 17.1 Å². The Morgan fingerprint density at radius 1 is 1.22 bits per heavy atom. The van der Waals surface area contributed by atoms with Gasteiger partial charge >= 0.3 is 0 Å². The van der Waals surface area contributed by atoms with Crippen LogP contribution in [0.25, 0.3) is 11.4 Å². The molecule has 0 aliphatic heterocycles. The maximum Gasteiger partial charge on any atom is 0.246 e. The topological polar surface area (TPSA) is 73.1 Å². The van der Waals surface area contributed by atoms with Gasteiger partial charge in [0.15, 0.2) is 0 Å². The lowest BCUT2D eigenvalue weighted by Crippen LogP contribution is -2.40. The summed E-state index contributed by atoms with van der Waals surface area (Å²) in [5, 5.41) is 12.5. The summed E-state index contributed by atoms with van der Waals surface area (Å²) in [6.45, 7) is 2.98. The zero-order valence-corrected chi connectivity index (χ0v) is 16.3. The minimum absolute atomic E-state index is 0.0329. The van der Waals surface area contributed by atoms with Gasteiger partial charge in [0.2, 0.25) is 11.7 Å². The Hall–Kier alpha value is -2.44. The van der Waals surface area contributed by atoms with Crippen LogP contribution in [-0.4, -0.2) is 50.7 Å². The Morgan fingerprint density at radius 2 is 1.96 bits per heavy atom. The van der Waals surface area contributed by atoms with Gasteiger partial charge in [0.25, 0.3) is 0 Å². The first-order valence-corrected chi connectivity index (χ1v) is 9.94. The van der Waals surface area contributed by atoms with E-state index >= 15 is 0 Å². The van der Waals surface area contributed by atoms with Crippen molar-refractivity contribution in [2.45, 2.75) is 64.5 Å². The Morgan fingerprint density at radius 3 is 2.67 bits per heavy atom. The number of hydrogen-bond acceptors (Lipinski definition) is 5. The second-order valence-corrected chi connectivity index (χ2v) is 7.17. The summed E-state index contributed by atoms with van der Waals surface area (Å²) in [6, 6.07) is 7.99. The minimum Gasteiger partial charge on any atom is -0.494 e. The van der Waals surface area contributed by atoms with Crippen LogP contribution in [0.2, 0.25) is 0 Å². The van der Waals surface area contributed by atoms with Crippen molar-refractivity contribution < 1.29 is 9.53 Å². The number of carbonyl (C=O) groups is 1. The summed E-state index contributed by atoms with van der Waals surface area (Å²) in [5.41, 5.74) is 0.858. The van der Waals surface area contributed by atoms with Crippen LogP contribution in [0.5, 0.6) is 5.75 Å². The number of hydrogen-bond donors (Lipinski definition) is 0. The zero-order chi connectivity index (χ0) is 19.1. The number of rotatable bonds is 8. The highest BCUT2D eigenvalue weighted by atomic mass is 16.5. The summed E-state index contributed by atoms with van der Waals surface area (Å²) < 4.78 is 5.67. The second-order valence-electron chi connectivity index (χ2n) is 7.17. The average Bonchev–Trinajstić information content (AvgIpc) is 3.17. The van der Waals surface area contributed by atoms with Crippen molar-refractivity contribution >= 4 is 5.91 Å². The molecule has 1 aliphatic rings. The largest absolute Gasteiger partial charge is 0.494 e. The van der Waals surface area contributed by atoms with Crippen molar-refractivity contribution in [3.63, 3.8) is 0 Å². The summed E-state index contributed by atoms with van der Waals surface area (Å²) in [7, 11) is 1.88. The van der Waals surface area contributed by atoms with E-state index in [0.717, 1.165) is 43.6 Å². The number of amides is 1. The number of aromatic nitrogens is 4. The highest BCUT2D eigenvalue weighted by Gasteiger charge is 2.22. The van der Waals surface area contributed by atoms with E-state index in [-0.39, 0.29) is 12.5 Å². The first-order valence-electron chi connectivity index (χ1n) is 9.94. The molecule has 0 bridgehead atoms. The van der Waals surface area contributed by atoms with Gasteiger partial charge < -0.3 is 9.64 Å². The summed E-state index contributed by atoms with van der Waals surface area (Å²) >= 11 is 0. The quantitative estimate of drug-likeness (QED) is 0.666. The third-order valence-corrected chi connectivity index (χ3v) is 5.12. The van der Waals surface area contributed by atoms with Crippen LogP contribution in [0, 0.1) is 0 Å². The Kier molecular flexibility index (Phi) is 6.79. The SMILES string of the molecule is CCCCOc1ccc(-c2nnn(CC(=O)N(C)C3CCCCC3)n2)cc1. The molecule has 1 amide bonds. The van der Waals surface area contributed by atoms with Gasteiger partial charge in [-0.1, -0.05) is 32.6 Å². The van der Waals surface area contributed by atoms with E-state index in [2.05, 4.69) is 22.3 Å². The van der Waals surface area contributed by atoms with E-state index in [1.165, 1.54) is 24.1 Å². The van der Waals surface area contributed by atoms with Gasteiger partial charge in [0.05, 0.1) is 6.61 Å². The van der Waals surface area contributed by atoms with Crippen LogP contribution in [0.1, 0.15) is 51.9 Å². The van der Waals surface area contributed by atoms with Gasteiger partial charge in [-0.25, -0.2) is 0 Å². The molecule has 1 aromatic heterocycles. The van der Waals surface area contributed by atoms with E-state index in [1.54, 1.807) is 0 Å². The highest BCUT2D eigenvalue weighted by molar-refractivity contribution is 5.75. The third-order valence-electron chi connectivity index (χ3n) is 5.12. The maximum absolute atomic E-state index is 12.5. The van der Waals surface area contributed by atoms with Crippen LogP contribution < -0.4 is 4.74 Å². The number of carbonyl (C=O) groups excluding carboxylic acids is 1. The van der Waals surface area contributed by atoms with E-state index in [9.17, 15) is 4.79 Å². The predicted molar refractivity (Wildman–Crippen MR) is 103 cm³/mol. The Bertz CT molecular complexity index is 722. The standard InChI is InChI=1S/C20H29N5O2/c1-3-4-14-27-18-12-10-16(11-13-18)20-21-23-25(22-20)15-19(26)24(2)17-8-6-5-7-9-17/h10-13,17H,3-9,14-15H2,1-2H3. The molecule has 3 rings (SSSR count). The predicted octanol–water partition coefficient (Wildman–Crippen LogP) is 3.31. The van der Waals surface area contributed by atoms with E-state index < -0.39 is 0 Å². The fraction of sp³-hybridized carbons (Fsp3) is 0.600. The minimum atomic E-state index is 0.0329. The van der Waals surface area contributed by atoms with Gasteiger partial charge in [0, 0.05) is 18.7 Å². The van der Waals surface area contributed by atoms with Crippen molar-refractivity contribution in [2.24, 2.45) is 0 Å². The van der Waals surface area contributed by atoms with Crippen molar-refractivity contribution in [3.05, 3.63) is 24.3 Å². The van der Waals surface area contributed by atoms with Crippen LogP contribution in [0.4, 0.5) is 0 Å². The molecule has 7 heteroatoms. The lowest BCUT2D eigenvalue weighted by Gasteiger charge is -2.31. The molecule has 1 saturated carbocycles. The number of unbranched alkanes of at least 4 members (excludes halogenated alkanes) is 1. The molecular weight excluding hydrogens is 342 g/mol. The molecule has 0 radical (unpaired) electrons. The van der Waals surface area contributed by atoms with E-state index in [1.807, 2.05) is 36.2 Å². The lowest BCUT2D eigenvalue weighted by atomic mass is 9.94. The molecular formula is C20H29N5O2.